The molecule has 1 amide bonds. The topological polar surface area (TPSA) is 53.0 Å². The van der Waals surface area contributed by atoms with Gasteiger partial charge in [0.2, 0.25) is 5.91 Å². The van der Waals surface area contributed by atoms with Crippen LogP contribution >= 0.6 is 0 Å². The zero-order valence-corrected chi connectivity index (χ0v) is 9.90. The molecule has 5 nitrogen and oxygen atoms in total. The zero-order chi connectivity index (χ0) is 11.7. The largest absolute Gasteiger partial charge is 0.394 e. The highest BCUT2D eigenvalue weighted by Crippen LogP contribution is 1.91. The van der Waals surface area contributed by atoms with E-state index in [4.69, 9.17) is 9.84 Å². The molecule has 0 saturated heterocycles. The molecule has 0 unspecified atom stereocenters. The molecule has 0 aromatic carbocycles. The number of amides is 1. The maximum absolute atomic E-state index is 11.2. The summed E-state index contributed by atoms with van der Waals surface area (Å²) in [7, 11) is 3.95. The van der Waals surface area contributed by atoms with Crippen molar-refractivity contribution in [1.29, 1.82) is 0 Å². The van der Waals surface area contributed by atoms with E-state index in [1.807, 2.05) is 19.0 Å². The van der Waals surface area contributed by atoms with Crippen LogP contribution in [0.3, 0.4) is 0 Å². The van der Waals surface area contributed by atoms with E-state index < -0.39 is 0 Å². The van der Waals surface area contributed by atoms with Gasteiger partial charge in [-0.05, 0) is 14.1 Å². The molecule has 0 rings (SSSR count). The van der Waals surface area contributed by atoms with Crippen molar-refractivity contribution in [1.82, 2.24) is 9.80 Å². The van der Waals surface area contributed by atoms with Crippen LogP contribution in [0.5, 0.6) is 0 Å². The number of aliphatic hydroxyl groups is 1. The van der Waals surface area contributed by atoms with E-state index in [-0.39, 0.29) is 12.5 Å². The standard InChI is InChI=1S/C10H22N2O3/c1-10(14)12(5-4-11(2)3)6-8-15-9-7-13/h13H,4-9H2,1-3H3. The van der Waals surface area contributed by atoms with Gasteiger partial charge in [-0.15, -0.1) is 0 Å². The van der Waals surface area contributed by atoms with Gasteiger partial charge in [0.15, 0.2) is 0 Å². The number of carbonyl (C=O) groups is 1. The number of hydrogen-bond acceptors (Lipinski definition) is 4. The summed E-state index contributed by atoms with van der Waals surface area (Å²) < 4.78 is 5.11. The molecule has 1 N–H and O–H groups in total. The van der Waals surface area contributed by atoms with E-state index >= 15 is 0 Å². The van der Waals surface area contributed by atoms with Crippen molar-refractivity contribution in [3.8, 4) is 0 Å². The molecule has 0 fully saturated rings. The highest BCUT2D eigenvalue weighted by molar-refractivity contribution is 5.73. The quantitative estimate of drug-likeness (QED) is 0.553. The van der Waals surface area contributed by atoms with Crippen LogP contribution in [-0.2, 0) is 9.53 Å². The number of hydrogen-bond donors (Lipinski definition) is 1. The van der Waals surface area contributed by atoms with Crippen LogP contribution in [0.25, 0.3) is 0 Å². The van der Waals surface area contributed by atoms with Gasteiger partial charge < -0.3 is 19.6 Å². The fraction of sp³-hybridized carbons (Fsp3) is 0.900. The lowest BCUT2D eigenvalue weighted by atomic mass is 10.4. The minimum Gasteiger partial charge on any atom is -0.394 e. The van der Waals surface area contributed by atoms with Gasteiger partial charge in [0.05, 0.1) is 19.8 Å². The van der Waals surface area contributed by atoms with Crippen LogP contribution in [0.4, 0.5) is 0 Å². The Labute approximate surface area is 91.6 Å². The fourth-order valence-electron chi connectivity index (χ4n) is 1.09. The molecule has 0 saturated carbocycles. The highest BCUT2D eigenvalue weighted by atomic mass is 16.5. The normalized spacial score (nSPS) is 10.7. The van der Waals surface area contributed by atoms with Crippen LogP contribution in [0.15, 0.2) is 0 Å². The Kier molecular flexibility index (Phi) is 8.27. The number of ether oxygens (including phenoxy) is 1. The molecule has 0 spiro atoms. The second-order valence-corrected chi connectivity index (χ2v) is 3.65. The first kappa shape index (κ1) is 14.3. The molecule has 5 heteroatoms. The SMILES string of the molecule is CC(=O)N(CCOCCO)CCN(C)C. The predicted molar refractivity (Wildman–Crippen MR) is 58.7 cm³/mol. The van der Waals surface area contributed by atoms with Crippen molar-refractivity contribution < 1.29 is 14.6 Å². The van der Waals surface area contributed by atoms with E-state index in [1.54, 1.807) is 11.8 Å². The van der Waals surface area contributed by atoms with Gasteiger partial charge >= 0.3 is 0 Å². The third kappa shape index (κ3) is 8.35. The number of carbonyl (C=O) groups excluding carboxylic acids is 1. The summed E-state index contributed by atoms with van der Waals surface area (Å²) in [6, 6.07) is 0. The fourth-order valence-corrected chi connectivity index (χ4v) is 1.09. The van der Waals surface area contributed by atoms with E-state index in [0.29, 0.717) is 26.3 Å². The lowest BCUT2D eigenvalue weighted by Gasteiger charge is -2.22. The van der Waals surface area contributed by atoms with Crippen molar-refractivity contribution in [3.63, 3.8) is 0 Å². The Morgan fingerprint density at radius 2 is 1.87 bits per heavy atom. The predicted octanol–water partition coefficient (Wildman–Crippen LogP) is -0.595. The first-order valence-corrected chi connectivity index (χ1v) is 5.16. The maximum atomic E-state index is 11.2. The summed E-state index contributed by atoms with van der Waals surface area (Å²) >= 11 is 0. The molecule has 0 bridgehead atoms. The minimum absolute atomic E-state index is 0.0256. The molecule has 0 aromatic rings. The summed E-state index contributed by atoms with van der Waals surface area (Å²) in [5.41, 5.74) is 0. The second kappa shape index (κ2) is 8.64. The number of rotatable bonds is 8. The van der Waals surface area contributed by atoms with Gasteiger partial charge in [-0.3, -0.25) is 4.79 Å². The minimum atomic E-state index is 0.0256. The maximum Gasteiger partial charge on any atom is 0.219 e. The molecule has 0 atom stereocenters. The summed E-state index contributed by atoms with van der Waals surface area (Å²) in [6.45, 7) is 4.54. The molecule has 15 heavy (non-hydrogen) atoms. The van der Waals surface area contributed by atoms with Crippen molar-refractivity contribution in [3.05, 3.63) is 0 Å². The second-order valence-electron chi connectivity index (χ2n) is 3.65. The Hall–Kier alpha value is -0.650. The van der Waals surface area contributed by atoms with Crippen LogP contribution in [0, 0.1) is 0 Å². The molecule has 0 heterocycles. The Balaban J connectivity index is 3.69. The summed E-state index contributed by atoms with van der Waals surface area (Å²) in [5.74, 6) is 0.0597. The van der Waals surface area contributed by atoms with Gasteiger partial charge in [0.25, 0.3) is 0 Å². The number of nitrogens with zero attached hydrogens (tertiary/aromatic N) is 2. The lowest BCUT2D eigenvalue weighted by Crippen LogP contribution is -2.37. The Bertz CT molecular complexity index is 174. The van der Waals surface area contributed by atoms with Gasteiger partial charge in [0, 0.05) is 26.6 Å². The molecule has 0 aliphatic carbocycles. The van der Waals surface area contributed by atoms with Gasteiger partial charge in [-0.2, -0.15) is 0 Å². The van der Waals surface area contributed by atoms with Crippen molar-refractivity contribution in [2.75, 3.05) is 53.6 Å². The molecule has 0 aromatic heterocycles. The van der Waals surface area contributed by atoms with Crippen molar-refractivity contribution in [2.45, 2.75) is 6.92 Å². The number of aliphatic hydroxyl groups excluding tert-OH is 1. The van der Waals surface area contributed by atoms with Crippen molar-refractivity contribution >= 4 is 5.91 Å². The molecule has 0 radical (unpaired) electrons. The third-order valence-corrected chi connectivity index (χ3v) is 2.00. The Morgan fingerprint density at radius 3 is 2.33 bits per heavy atom. The molecular weight excluding hydrogens is 196 g/mol. The van der Waals surface area contributed by atoms with Crippen LogP contribution < -0.4 is 0 Å². The van der Waals surface area contributed by atoms with Crippen molar-refractivity contribution in [2.24, 2.45) is 0 Å². The third-order valence-electron chi connectivity index (χ3n) is 2.00. The van der Waals surface area contributed by atoms with E-state index in [9.17, 15) is 4.79 Å². The van der Waals surface area contributed by atoms with E-state index in [2.05, 4.69) is 0 Å². The summed E-state index contributed by atoms with van der Waals surface area (Å²) in [4.78, 5) is 15.0. The van der Waals surface area contributed by atoms with Crippen LogP contribution in [0.2, 0.25) is 0 Å². The van der Waals surface area contributed by atoms with Gasteiger partial charge in [-0.1, -0.05) is 0 Å². The average Bonchev–Trinajstić information content (AvgIpc) is 2.15. The van der Waals surface area contributed by atoms with E-state index in [0.717, 1.165) is 6.54 Å². The lowest BCUT2D eigenvalue weighted by molar-refractivity contribution is -0.129. The summed E-state index contributed by atoms with van der Waals surface area (Å²) in [5, 5.41) is 8.50. The van der Waals surface area contributed by atoms with E-state index in [1.165, 1.54) is 0 Å². The molecule has 0 aliphatic heterocycles. The first-order valence-electron chi connectivity index (χ1n) is 5.16. The van der Waals surface area contributed by atoms with Gasteiger partial charge in [-0.25, -0.2) is 0 Å². The van der Waals surface area contributed by atoms with Gasteiger partial charge in [0.1, 0.15) is 0 Å². The average molecular weight is 218 g/mol. The monoisotopic (exact) mass is 218 g/mol. The summed E-state index contributed by atoms with van der Waals surface area (Å²) in [6.07, 6.45) is 0. The smallest absolute Gasteiger partial charge is 0.219 e. The van der Waals surface area contributed by atoms with Crippen LogP contribution in [0.1, 0.15) is 6.92 Å². The Morgan fingerprint density at radius 1 is 1.20 bits per heavy atom. The molecule has 0 aliphatic rings. The highest BCUT2D eigenvalue weighted by Gasteiger charge is 2.07. The zero-order valence-electron chi connectivity index (χ0n) is 9.90. The van der Waals surface area contributed by atoms with Crippen LogP contribution in [-0.4, -0.2) is 74.4 Å². The molecular formula is C10H22N2O3. The first-order chi connectivity index (χ1) is 7.07. The number of likely N-dealkylation sites (N-methyl/N-ethyl adjacent to an activating group) is 1. The molecule has 90 valence electrons.